The Balaban J connectivity index is 1.45. The number of rotatable bonds is 3. The molecule has 1 spiro atoms. The van der Waals surface area contributed by atoms with Crippen LogP contribution in [0.3, 0.4) is 0 Å². The quantitative estimate of drug-likeness (QED) is 0.808. The fourth-order valence-electron chi connectivity index (χ4n) is 4.48. The smallest absolute Gasteiger partial charge is 0.225 e. The number of pyridine rings is 1. The largest absolute Gasteiger partial charge is 0.347 e. The van der Waals surface area contributed by atoms with Gasteiger partial charge in [-0.3, -0.25) is 14.7 Å². The lowest BCUT2D eigenvalue weighted by Gasteiger charge is -2.43. The fourth-order valence-corrected chi connectivity index (χ4v) is 4.48. The first-order valence-corrected chi connectivity index (χ1v) is 10.0. The summed E-state index contributed by atoms with van der Waals surface area (Å²) in [5, 5.41) is 0. The molecule has 3 fully saturated rings. The summed E-state index contributed by atoms with van der Waals surface area (Å²) in [7, 11) is 0. The number of morpholine rings is 1. The molecule has 0 radical (unpaired) electrons. The number of halogens is 1. The molecule has 2 saturated heterocycles. The SMILES string of the molecule is O=C(C1CCCC1)N1CCOC2(CN(Cc3ccncc3F)CCCO2)C1. The molecule has 148 valence electrons. The van der Waals surface area contributed by atoms with Crippen LogP contribution < -0.4 is 0 Å². The Bertz CT molecular complexity index is 668. The van der Waals surface area contributed by atoms with Gasteiger partial charge in [0.25, 0.3) is 0 Å². The molecule has 27 heavy (non-hydrogen) atoms. The third-order valence-electron chi connectivity index (χ3n) is 5.87. The molecule has 1 aliphatic carbocycles. The van der Waals surface area contributed by atoms with Crippen molar-refractivity contribution >= 4 is 5.91 Å². The summed E-state index contributed by atoms with van der Waals surface area (Å²) in [5.41, 5.74) is 0.622. The van der Waals surface area contributed by atoms with Crippen molar-refractivity contribution in [3.05, 3.63) is 29.8 Å². The van der Waals surface area contributed by atoms with Crippen LogP contribution in [0, 0.1) is 11.7 Å². The molecule has 1 unspecified atom stereocenters. The lowest BCUT2D eigenvalue weighted by Crippen LogP contribution is -2.59. The third-order valence-corrected chi connectivity index (χ3v) is 5.87. The molecule has 3 heterocycles. The van der Waals surface area contributed by atoms with E-state index in [0.29, 0.717) is 45.0 Å². The first-order chi connectivity index (χ1) is 13.2. The Kier molecular flexibility index (Phi) is 5.71. The highest BCUT2D eigenvalue weighted by Gasteiger charge is 2.43. The molecule has 0 bridgehead atoms. The summed E-state index contributed by atoms with van der Waals surface area (Å²) >= 11 is 0. The number of ether oxygens (including phenoxy) is 2. The number of aromatic nitrogens is 1. The standard InChI is InChI=1S/C20H28FN3O3/c21-18-12-22-7-6-17(18)13-23-8-3-10-26-20(14-23)15-24(9-11-27-20)19(25)16-4-1-2-5-16/h6-7,12,16H,1-5,8-11,13-15H2. The van der Waals surface area contributed by atoms with Crippen molar-refractivity contribution in [2.45, 2.75) is 44.4 Å². The Morgan fingerprint density at radius 2 is 2.00 bits per heavy atom. The van der Waals surface area contributed by atoms with Gasteiger partial charge in [0.1, 0.15) is 5.82 Å². The molecule has 1 aromatic heterocycles. The van der Waals surface area contributed by atoms with Crippen LogP contribution in [0.5, 0.6) is 0 Å². The van der Waals surface area contributed by atoms with Crippen molar-refractivity contribution in [3.63, 3.8) is 0 Å². The van der Waals surface area contributed by atoms with Crippen LogP contribution in [-0.2, 0) is 20.8 Å². The lowest BCUT2D eigenvalue weighted by molar-refractivity contribution is -0.265. The highest BCUT2D eigenvalue weighted by Crippen LogP contribution is 2.30. The molecule has 1 saturated carbocycles. The molecular weight excluding hydrogens is 349 g/mol. The molecule has 7 heteroatoms. The van der Waals surface area contributed by atoms with Crippen molar-refractivity contribution in [3.8, 4) is 0 Å². The summed E-state index contributed by atoms with van der Waals surface area (Å²) < 4.78 is 26.2. The first kappa shape index (κ1) is 18.8. The topological polar surface area (TPSA) is 54.9 Å². The molecule has 1 amide bonds. The van der Waals surface area contributed by atoms with E-state index in [1.54, 1.807) is 12.3 Å². The van der Waals surface area contributed by atoms with Crippen molar-refractivity contribution in [1.82, 2.24) is 14.8 Å². The second-order valence-electron chi connectivity index (χ2n) is 7.88. The second kappa shape index (κ2) is 8.20. The average Bonchev–Trinajstić information content (AvgIpc) is 3.15. The molecule has 4 rings (SSSR count). The highest BCUT2D eigenvalue weighted by molar-refractivity contribution is 5.79. The van der Waals surface area contributed by atoms with Crippen LogP contribution in [0.1, 0.15) is 37.7 Å². The van der Waals surface area contributed by atoms with E-state index < -0.39 is 5.79 Å². The number of hydrogen-bond acceptors (Lipinski definition) is 5. The summed E-state index contributed by atoms with van der Waals surface area (Å²) in [6, 6.07) is 1.71. The molecule has 3 aliphatic rings. The van der Waals surface area contributed by atoms with E-state index in [4.69, 9.17) is 9.47 Å². The van der Waals surface area contributed by atoms with Gasteiger partial charge in [-0.2, -0.15) is 0 Å². The second-order valence-corrected chi connectivity index (χ2v) is 7.88. The van der Waals surface area contributed by atoms with Crippen molar-refractivity contribution in [1.29, 1.82) is 0 Å². The van der Waals surface area contributed by atoms with Crippen LogP contribution in [-0.4, -0.2) is 65.9 Å². The summed E-state index contributed by atoms with van der Waals surface area (Å²) in [4.78, 5) is 20.8. The number of nitrogens with zero attached hydrogens (tertiary/aromatic N) is 3. The molecule has 0 aromatic carbocycles. The molecule has 2 aliphatic heterocycles. The number of hydrogen-bond donors (Lipinski definition) is 0. The number of amides is 1. The minimum atomic E-state index is -0.813. The van der Waals surface area contributed by atoms with Gasteiger partial charge in [0.15, 0.2) is 5.79 Å². The Morgan fingerprint density at radius 3 is 2.81 bits per heavy atom. The third kappa shape index (κ3) is 4.31. The predicted octanol–water partition coefficient (Wildman–Crippen LogP) is 2.19. The van der Waals surface area contributed by atoms with Gasteiger partial charge in [-0.25, -0.2) is 4.39 Å². The molecule has 0 N–H and O–H groups in total. The van der Waals surface area contributed by atoms with Crippen molar-refractivity contribution in [2.75, 3.05) is 39.4 Å². The maximum absolute atomic E-state index is 14.0. The zero-order chi connectivity index (χ0) is 18.7. The minimum Gasteiger partial charge on any atom is -0.347 e. The Hall–Kier alpha value is -1.57. The molecule has 1 atom stereocenters. The Labute approximate surface area is 159 Å². The summed E-state index contributed by atoms with van der Waals surface area (Å²) in [5.74, 6) is -0.700. The van der Waals surface area contributed by atoms with Gasteiger partial charge in [0, 0.05) is 37.3 Å². The zero-order valence-corrected chi connectivity index (χ0v) is 15.7. The van der Waals surface area contributed by atoms with E-state index in [0.717, 1.165) is 38.6 Å². The van der Waals surface area contributed by atoms with Gasteiger partial charge in [0.05, 0.1) is 32.5 Å². The van der Waals surface area contributed by atoms with Crippen LogP contribution in [0.2, 0.25) is 0 Å². The van der Waals surface area contributed by atoms with Crippen molar-refractivity contribution in [2.24, 2.45) is 5.92 Å². The first-order valence-electron chi connectivity index (χ1n) is 10.0. The maximum Gasteiger partial charge on any atom is 0.225 e. The molecular formula is C20H28FN3O3. The normalized spacial score (nSPS) is 27.8. The maximum atomic E-state index is 14.0. The van der Waals surface area contributed by atoms with Gasteiger partial charge < -0.3 is 14.4 Å². The summed E-state index contributed by atoms with van der Waals surface area (Å²) in [6.07, 6.45) is 8.00. The van der Waals surface area contributed by atoms with Crippen LogP contribution in [0.15, 0.2) is 18.5 Å². The predicted molar refractivity (Wildman–Crippen MR) is 97.3 cm³/mol. The van der Waals surface area contributed by atoms with Gasteiger partial charge in [0.2, 0.25) is 5.91 Å². The van der Waals surface area contributed by atoms with Crippen LogP contribution in [0.4, 0.5) is 4.39 Å². The average molecular weight is 377 g/mol. The van der Waals surface area contributed by atoms with Gasteiger partial charge in [-0.05, 0) is 25.3 Å². The summed E-state index contributed by atoms with van der Waals surface area (Å²) in [6.45, 7) is 3.97. The van der Waals surface area contributed by atoms with E-state index in [1.807, 2.05) is 4.90 Å². The van der Waals surface area contributed by atoms with Gasteiger partial charge >= 0.3 is 0 Å². The zero-order valence-electron chi connectivity index (χ0n) is 15.7. The van der Waals surface area contributed by atoms with Gasteiger partial charge in [-0.1, -0.05) is 12.8 Å². The Morgan fingerprint density at radius 1 is 1.19 bits per heavy atom. The monoisotopic (exact) mass is 377 g/mol. The van der Waals surface area contributed by atoms with E-state index in [1.165, 1.54) is 6.20 Å². The minimum absolute atomic E-state index is 0.160. The van der Waals surface area contributed by atoms with E-state index in [2.05, 4.69) is 9.88 Å². The number of carbonyl (C=O) groups is 1. The van der Waals surface area contributed by atoms with Gasteiger partial charge in [-0.15, -0.1) is 0 Å². The van der Waals surface area contributed by atoms with Crippen molar-refractivity contribution < 1.29 is 18.7 Å². The molecule has 1 aromatic rings. The van der Waals surface area contributed by atoms with E-state index in [9.17, 15) is 9.18 Å². The lowest BCUT2D eigenvalue weighted by atomic mass is 10.1. The fraction of sp³-hybridized carbons (Fsp3) is 0.700. The van der Waals surface area contributed by atoms with Crippen LogP contribution >= 0.6 is 0 Å². The van der Waals surface area contributed by atoms with E-state index in [-0.39, 0.29) is 17.6 Å². The van der Waals surface area contributed by atoms with E-state index >= 15 is 0 Å². The number of carbonyl (C=O) groups excluding carboxylic acids is 1. The molecule has 6 nitrogen and oxygen atoms in total. The highest BCUT2D eigenvalue weighted by atomic mass is 19.1. The van der Waals surface area contributed by atoms with Crippen LogP contribution in [0.25, 0.3) is 0 Å².